The number of rotatable bonds is 0. The van der Waals surface area contributed by atoms with Crippen LogP contribution in [0.25, 0.3) is 0 Å². The predicted molar refractivity (Wildman–Crippen MR) is 83.0 cm³/mol. The molecule has 0 aromatic heterocycles. The second kappa shape index (κ2) is 6.59. The molecule has 0 N–H and O–H groups in total. The molecular formula is C14H30N2O4Sn. The molecule has 0 bridgehead atoms. The first-order chi connectivity index (χ1) is 9.62. The molecule has 21 heavy (non-hydrogen) atoms. The number of likely N-dealkylation sites (N-methyl/N-ethyl adjacent to an activating group) is 2. The third-order valence-corrected chi connectivity index (χ3v) is 11.4. The van der Waals surface area contributed by atoms with E-state index in [9.17, 15) is 0 Å². The van der Waals surface area contributed by atoms with Gasteiger partial charge in [-0.15, -0.1) is 0 Å². The summed E-state index contributed by atoms with van der Waals surface area (Å²) < 4.78 is 24.9. The first kappa shape index (κ1) is 17.9. The van der Waals surface area contributed by atoms with Crippen molar-refractivity contribution in [3.8, 4) is 0 Å². The molecule has 0 atom stereocenters. The quantitative estimate of drug-likeness (QED) is 0.555. The zero-order valence-electron chi connectivity index (χ0n) is 14.3. The van der Waals surface area contributed by atoms with E-state index in [1.54, 1.807) is 0 Å². The fourth-order valence-corrected chi connectivity index (χ4v) is 10.2. The van der Waals surface area contributed by atoms with Crippen LogP contribution in [0.4, 0.5) is 0 Å². The number of hydrogen-bond donors (Lipinski definition) is 0. The van der Waals surface area contributed by atoms with Crippen LogP contribution >= 0.6 is 0 Å². The summed E-state index contributed by atoms with van der Waals surface area (Å²) in [5.74, 6) is 0. The molecule has 0 radical (unpaired) electrons. The van der Waals surface area contributed by atoms with Gasteiger partial charge < -0.3 is 0 Å². The van der Waals surface area contributed by atoms with Crippen molar-refractivity contribution in [3.05, 3.63) is 0 Å². The average Bonchev–Trinajstić information content (AvgIpc) is 2.22. The molecular weight excluding hydrogens is 379 g/mol. The van der Waals surface area contributed by atoms with Gasteiger partial charge in [0.2, 0.25) is 0 Å². The molecule has 0 aromatic rings. The molecule has 0 unspecified atom stereocenters. The van der Waals surface area contributed by atoms with Crippen LogP contribution in [0, 0.1) is 0 Å². The summed E-state index contributed by atoms with van der Waals surface area (Å²) in [5, 5.41) is 0. The second-order valence-corrected chi connectivity index (χ2v) is 13.1. The van der Waals surface area contributed by atoms with Crippen molar-refractivity contribution < 1.29 is 12.3 Å². The first-order valence-corrected chi connectivity index (χ1v) is 12.3. The van der Waals surface area contributed by atoms with Gasteiger partial charge in [0.1, 0.15) is 0 Å². The van der Waals surface area contributed by atoms with Crippen LogP contribution in [0.15, 0.2) is 0 Å². The van der Waals surface area contributed by atoms with Crippen LogP contribution in [-0.2, 0) is 12.3 Å². The van der Waals surface area contributed by atoms with Gasteiger partial charge >= 0.3 is 135 Å². The van der Waals surface area contributed by atoms with E-state index in [0.717, 1.165) is 26.2 Å². The molecule has 6 nitrogen and oxygen atoms in total. The predicted octanol–water partition coefficient (Wildman–Crippen LogP) is 0.936. The summed E-state index contributed by atoms with van der Waals surface area (Å²) >= 11 is -3.99. The fourth-order valence-electron chi connectivity index (χ4n) is 3.03. The third kappa shape index (κ3) is 5.30. The van der Waals surface area contributed by atoms with Crippen LogP contribution in [0.1, 0.15) is 27.7 Å². The molecule has 2 rings (SSSR count). The van der Waals surface area contributed by atoms with Gasteiger partial charge in [-0.2, -0.15) is 0 Å². The Morgan fingerprint density at radius 3 is 1.52 bits per heavy atom. The summed E-state index contributed by atoms with van der Waals surface area (Å²) in [6.45, 7) is 13.0. The number of hydrogen-bond acceptors (Lipinski definition) is 6. The molecule has 0 saturated carbocycles. The average molecular weight is 409 g/mol. The van der Waals surface area contributed by atoms with Crippen molar-refractivity contribution in [2.75, 3.05) is 53.5 Å². The topological polar surface area (TPSA) is 43.4 Å². The normalized spacial score (nSPS) is 31.1. The molecule has 124 valence electrons. The van der Waals surface area contributed by atoms with Crippen molar-refractivity contribution in [1.29, 1.82) is 0 Å². The SMILES string of the molecule is CN1CC[O][Sn]2([O]CCN(C)CC(C)(C)[O]2)[O]C(C)(C)C1. The summed E-state index contributed by atoms with van der Waals surface area (Å²) in [7, 11) is 4.17. The van der Waals surface area contributed by atoms with E-state index < -0.39 is 20.0 Å². The molecule has 0 aliphatic carbocycles. The summed E-state index contributed by atoms with van der Waals surface area (Å²) in [6.07, 6.45) is 0. The Labute approximate surface area is 134 Å². The van der Waals surface area contributed by atoms with Crippen LogP contribution < -0.4 is 0 Å². The van der Waals surface area contributed by atoms with Gasteiger partial charge in [0.05, 0.1) is 0 Å². The van der Waals surface area contributed by atoms with Crippen molar-refractivity contribution in [2.45, 2.75) is 38.9 Å². The molecule has 0 aromatic carbocycles. The Kier molecular flexibility index (Phi) is 5.61. The maximum atomic E-state index is 6.37. The molecule has 1 spiro atoms. The molecule has 2 aliphatic rings. The minimum absolute atomic E-state index is 0.327. The molecule has 7 heteroatoms. The van der Waals surface area contributed by atoms with Crippen LogP contribution in [0.2, 0.25) is 0 Å². The standard InChI is InChI=1S/2C7H15NO2.Sn/c2*1-7(2,10)6-8(3)4-5-9;/h2*4-6H2,1-3H3;/q2*-2;+4. The zero-order valence-corrected chi connectivity index (χ0v) is 17.1. The van der Waals surface area contributed by atoms with E-state index in [-0.39, 0.29) is 11.2 Å². The maximum absolute atomic E-state index is 6.37. The monoisotopic (exact) mass is 410 g/mol. The summed E-state index contributed by atoms with van der Waals surface area (Å²) in [5.41, 5.74) is -0.654. The van der Waals surface area contributed by atoms with Crippen LogP contribution in [0.5, 0.6) is 0 Å². The van der Waals surface area contributed by atoms with Gasteiger partial charge in [-0.05, 0) is 0 Å². The van der Waals surface area contributed by atoms with Gasteiger partial charge in [0.25, 0.3) is 0 Å². The molecule has 2 aliphatic heterocycles. The van der Waals surface area contributed by atoms with Gasteiger partial charge in [-0.25, -0.2) is 0 Å². The number of nitrogens with zero attached hydrogens (tertiary/aromatic N) is 2. The Hall–Kier alpha value is 0.559. The molecule has 2 saturated heterocycles. The van der Waals surface area contributed by atoms with Crippen molar-refractivity contribution >= 4 is 20.0 Å². The Balaban J connectivity index is 2.20. The van der Waals surface area contributed by atoms with E-state index in [1.807, 2.05) is 0 Å². The van der Waals surface area contributed by atoms with E-state index in [0.29, 0.717) is 13.2 Å². The second-order valence-electron chi connectivity index (χ2n) is 7.40. The van der Waals surface area contributed by atoms with Crippen LogP contribution in [0.3, 0.4) is 0 Å². The Morgan fingerprint density at radius 2 is 1.14 bits per heavy atom. The van der Waals surface area contributed by atoms with E-state index in [1.165, 1.54) is 0 Å². The molecule has 0 amide bonds. The van der Waals surface area contributed by atoms with Crippen molar-refractivity contribution in [3.63, 3.8) is 0 Å². The zero-order chi connectivity index (χ0) is 15.7. The van der Waals surface area contributed by atoms with Crippen LogP contribution in [-0.4, -0.2) is 94.5 Å². The minimum atomic E-state index is -3.99. The third-order valence-electron chi connectivity index (χ3n) is 3.61. The van der Waals surface area contributed by atoms with Crippen molar-refractivity contribution in [1.82, 2.24) is 9.80 Å². The first-order valence-electron chi connectivity index (χ1n) is 7.67. The van der Waals surface area contributed by atoms with E-state index >= 15 is 0 Å². The fraction of sp³-hybridized carbons (Fsp3) is 1.00. The van der Waals surface area contributed by atoms with Gasteiger partial charge in [-0.1, -0.05) is 0 Å². The Morgan fingerprint density at radius 1 is 0.762 bits per heavy atom. The summed E-state index contributed by atoms with van der Waals surface area (Å²) in [6, 6.07) is 0. The molecule has 2 fully saturated rings. The van der Waals surface area contributed by atoms with E-state index in [4.69, 9.17) is 12.3 Å². The summed E-state index contributed by atoms with van der Waals surface area (Å²) in [4.78, 5) is 4.45. The van der Waals surface area contributed by atoms with Crippen molar-refractivity contribution in [2.24, 2.45) is 0 Å². The van der Waals surface area contributed by atoms with Gasteiger partial charge in [-0.3, -0.25) is 0 Å². The van der Waals surface area contributed by atoms with E-state index in [2.05, 4.69) is 51.6 Å². The van der Waals surface area contributed by atoms with Gasteiger partial charge in [0, 0.05) is 0 Å². The van der Waals surface area contributed by atoms with Gasteiger partial charge in [0.15, 0.2) is 0 Å². The Bertz CT molecular complexity index is 331. The molecule has 2 heterocycles.